The number of ether oxygens (including phenoxy) is 1. The average molecular weight is 605 g/mol. The van der Waals surface area contributed by atoms with Gasteiger partial charge < -0.3 is 14.4 Å². The molecule has 38 heavy (non-hydrogen) atoms. The van der Waals surface area contributed by atoms with Crippen LogP contribution in [0, 0.1) is 6.92 Å². The molecule has 0 unspecified atom stereocenters. The molecule has 0 saturated carbocycles. The van der Waals surface area contributed by atoms with Crippen LogP contribution in [0.5, 0.6) is 11.5 Å². The van der Waals surface area contributed by atoms with Crippen LogP contribution in [0.25, 0.3) is 10.8 Å². The predicted molar refractivity (Wildman–Crippen MR) is 123 cm³/mol. The molecule has 0 amide bonds. The molecule has 13 nitrogen and oxygen atoms in total. The second-order valence-electron chi connectivity index (χ2n) is 7.28. The van der Waals surface area contributed by atoms with Crippen molar-refractivity contribution >= 4 is 52.5 Å². The van der Waals surface area contributed by atoms with Crippen LogP contribution in [-0.4, -0.2) is 53.8 Å². The number of rotatable bonds is 9. The first-order chi connectivity index (χ1) is 16.6. The maximum Gasteiger partial charge on any atom is 1.00 e. The van der Waals surface area contributed by atoms with Crippen molar-refractivity contribution in [1.29, 1.82) is 0 Å². The van der Waals surface area contributed by atoms with Crippen molar-refractivity contribution in [1.82, 2.24) is 0 Å². The number of benzene rings is 3. The summed E-state index contributed by atoms with van der Waals surface area (Å²) >= 11 is 0. The normalized spacial score (nSPS) is 12.2. The van der Waals surface area contributed by atoms with E-state index < -0.39 is 59.0 Å². The molecular weight excluding hydrogens is 586 g/mol. The molecule has 18 heteroatoms. The molecule has 0 aliphatic carbocycles. The second-order valence-corrected chi connectivity index (χ2v) is 11.8. The van der Waals surface area contributed by atoms with Crippen LogP contribution in [-0.2, 0) is 34.5 Å². The van der Waals surface area contributed by atoms with Gasteiger partial charge >= 0.3 is 69.5 Å². The number of methoxy groups -OCH3 is 1. The summed E-state index contributed by atoms with van der Waals surface area (Å²) in [4.78, 5) is -0.893. The molecule has 0 atom stereocenters. The van der Waals surface area contributed by atoms with E-state index in [1.54, 1.807) is 0 Å². The van der Waals surface area contributed by atoms with Gasteiger partial charge in [0.1, 0.15) is 21.6 Å². The van der Waals surface area contributed by atoms with E-state index >= 15 is 0 Å². The molecule has 0 saturated heterocycles. The second kappa shape index (κ2) is 13.5. The minimum atomic E-state index is -4.96. The third-order valence-corrected chi connectivity index (χ3v) is 8.02. The summed E-state index contributed by atoms with van der Waals surface area (Å²) in [6.07, 6.45) is 0. The van der Waals surface area contributed by atoms with Crippen molar-refractivity contribution in [3.63, 3.8) is 0 Å². The molecule has 194 valence electrons. The van der Waals surface area contributed by atoms with Gasteiger partial charge in [0.15, 0.2) is 9.84 Å². The van der Waals surface area contributed by atoms with Gasteiger partial charge in [-0.1, -0.05) is 30.0 Å². The SMILES string of the molecule is COc1cc(S(=O)(=O)CCOS(=O)(=O)O)c(C)cc1N=Nc1cc(S(=O)(=O)[O-])c2ccccc2c1[O-].[Na+].[Na+]. The maximum atomic E-state index is 12.8. The summed E-state index contributed by atoms with van der Waals surface area (Å²) in [5.74, 6) is -1.56. The number of nitrogens with zero attached hydrogens (tertiary/aromatic N) is 2. The Kier molecular flexibility index (Phi) is 12.4. The van der Waals surface area contributed by atoms with Gasteiger partial charge in [0.2, 0.25) is 0 Å². The molecule has 0 heterocycles. The predicted octanol–water partition coefficient (Wildman–Crippen LogP) is -3.85. The van der Waals surface area contributed by atoms with Gasteiger partial charge in [-0.25, -0.2) is 21.0 Å². The summed E-state index contributed by atoms with van der Waals surface area (Å²) in [5.41, 5.74) is -0.315. The Morgan fingerprint density at radius 3 is 2.03 bits per heavy atom. The zero-order chi connectivity index (χ0) is 26.9. The largest absolute Gasteiger partial charge is 1.00 e. The smallest absolute Gasteiger partial charge is 0.871 e. The molecule has 0 bridgehead atoms. The van der Waals surface area contributed by atoms with Crippen LogP contribution in [0.15, 0.2) is 62.5 Å². The third kappa shape index (κ3) is 8.42. The first-order valence-electron chi connectivity index (χ1n) is 9.77. The standard InChI is InChI=1S/C20H20N2O11S3.2Na/c1-12-9-15(17(32-2)11-18(12)34(24,25)8-7-33-36(29,30)31)21-22-16-10-19(35(26,27)28)13-5-3-4-6-14(13)20(16)23;;/h3-6,9-11,23H,7-8H2,1-2H3,(H,26,27,28)(H,29,30,31);;/q;2*+1/p-2. The van der Waals surface area contributed by atoms with Crippen molar-refractivity contribution in [3.05, 3.63) is 48.0 Å². The Morgan fingerprint density at radius 1 is 0.895 bits per heavy atom. The first kappa shape index (κ1) is 34.9. The number of aryl methyl sites for hydroxylation is 1. The maximum absolute atomic E-state index is 12.8. The monoisotopic (exact) mass is 604 g/mol. The minimum absolute atomic E-state index is 0. The van der Waals surface area contributed by atoms with Crippen molar-refractivity contribution in [3.8, 4) is 11.5 Å². The fourth-order valence-corrected chi connectivity index (χ4v) is 5.74. The molecule has 0 fully saturated rings. The number of azo groups is 1. The molecule has 0 aromatic heterocycles. The zero-order valence-electron chi connectivity index (χ0n) is 20.6. The fraction of sp³-hybridized carbons (Fsp3) is 0.200. The molecular formula is C20H18N2Na2O11S3. The molecule has 0 aliphatic rings. The molecule has 3 rings (SSSR count). The van der Waals surface area contributed by atoms with Gasteiger partial charge in [-0.2, -0.15) is 13.5 Å². The van der Waals surface area contributed by atoms with Gasteiger partial charge in [-0.3, -0.25) is 4.55 Å². The Morgan fingerprint density at radius 2 is 1.47 bits per heavy atom. The molecule has 0 radical (unpaired) electrons. The van der Waals surface area contributed by atoms with E-state index in [1.807, 2.05) is 0 Å². The zero-order valence-corrected chi connectivity index (χ0v) is 27.1. The van der Waals surface area contributed by atoms with E-state index in [-0.39, 0.29) is 91.8 Å². The average Bonchev–Trinajstić information content (AvgIpc) is 2.76. The summed E-state index contributed by atoms with van der Waals surface area (Å²) in [6, 6.07) is 8.77. The van der Waals surface area contributed by atoms with Gasteiger partial charge in [-0.15, -0.1) is 5.11 Å². The molecule has 0 aliphatic heterocycles. The number of hydrogen-bond donors (Lipinski definition) is 1. The summed E-state index contributed by atoms with van der Waals surface area (Å²) in [5, 5.41) is 20.3. The fourth-order valence-electron chi connectivity index (χ4n) is 3.28. The van der Waals surface area contributed by atoms with E-state index in [2.05, 4.69) is 14.4 Å². The number of hydrogen-bond acceptors (Lipinski definition) is 12. The topological polar surface area (TPSA) is 212 Å². The quantitative estimate of drug-likeness (QED) is 0.142. The van der Waals surface area contributed by atoms with Crippen molar-refractivity contribution in [2.75, 3.05) is 19.5 Å². The number of sulfone groups is 1. The van der Waals surface area contributed by atoms with E-state index in [0.29, 0.717) is 0 Å². The van der Waals surface area contributed by atoms with Crippen LogP contribution >= 0.6 is 0 Å². The Hall–Kier alpha value is -1.15. The van der Waals surface area contributed by atoms with Crippen molar-refractivity contribution in [2.45, 2.75) is 16.7 Å². The minimum Gasteiger partial charge on any atom is -0.871 e. The Labute approximate surface area is 263 Å². The van der Waals surface area contributed by atoms with Gasteiger partial charge in [-0.05, 0) is 35.4 Å². The van der Waals surface area contributed by atoms with Gasteiger partial charge in [0, 0.05) is 6.07 Å². The number of fused-ring (bicyclic) bond motifs is 1. The van der Waals surface area contributed by atoms with E-state index in [9.17, 15) is 34.9 Å². The van der Waals surface area contributed by atoms with Crippen LogP contribution in [0.3, 0.4) is 0 Å². The van der Waals surface area contributed by atoms with Crippen LogP contribution in [0.2, 0.25) is 0 Å². The molecule has 1 N–H and O–H groups in total. The molecule has 0 spiro atoms. The summed E-state index contributed by atoms with van der Waals surface area (Å²) < 4.78 is 99.5. The van der Waals surface area contributed by atoms with E-state index in [4.69, 9.17) is 9.29 Å². The van der Waals surface area contributed by atoms with Crippen molar-refractivity contribution < 1.29 is 107 Å². The molecule has 3 aromatic carbocycles. The van der Waals surface area contributed by atoms with E-state index in [1.165, 1.54) is 44.4 Å². The van der Waals surface area contributed by atoms with Gasteiger partial charge in [0.25, 0.3) is 0 Å². The Bertz CT molecular complexity index is 1690. The van der Waals surface area contributed by atoms with Crippen molar-refractivity contribution in [2.24, 2.45) is 10.2 Å². The molecule has 3 aromatic rings. The summed E-state index contributed by atoms with van der Waals surface area (Å²) in [6.45, 7) is 0.579. The summed E-state index contributed by atoms with van der Waals surface area (Å²) in [7, 11) is -12.7. The van der Waals surface area contributed by atoms with E-state index in [0.717, 1.165) is 12.1 Å². The van der Waals surface area contributed by atoms with Crippen LogP contribution < -0.4 is 69.0 Å². The van der Waals surface area contributed by atoms with Crippen LogP contribution in [0.4, 0.5) is 11.4 Å². The third-order valence-electron chi connectivity index (χ3n) is 4.87. The first-order valence-corrected chi connectivity index (χ1v) is 14.2. The van der Waals surface area contributed by atoms with Crippen LogP contribution in [0.1, 0.15) is 5.56 Å². The Balaban J connectivity index is 0.00000361. The van der Waals surface area contributed by atoms with Gasteiger partial charge in [0.05, 0.1) is 34.9 Å².